The molecule has 0 nitrogen and oxygen atoms in total. The molecule has 0 atom stereocenters. The first-order valence-corrected chi connectivity index (χ1v) is 5.49. The maximum atomic E-state index is 2.25. The molecule has 1 aliphatic carbocycles. The van der Waals surface area contributed by atoms with Gasteiger partial charge in [-0.1, -0.05) is 12.2 Å². The van der Waals surface area contributed by atoms with Crippen molar-refractivity contribution in [2.24, 2.45) is 0 Å². The zero-order valence-corrected chi connectivity index (χ0v) is 9.16. The van der Waals surface area contributed by atoms with Crippen LogP contribution >= 0.6 is 11.3 Å². The van der Waals surface area contributed by atoms with Crippen LogP contribution < -0.4 is 0 Å². The molecule has 0 aliphatic heterocycles. The summed E-state index contributed by atoms with van der Waals surface area (Å²) in [5.41, 5.74) is 5.84. The Kier molecular flexibility index (Phi) is 2.12. The highest BCUT2D eigenvalue weighted by Crippen LogP contribution is 2.35. The van der Waals surface area contributed by atoms with Crippen LogP contribution in [0.5, 0.6) is 0 Å². The second-order valence-electron chi connectivity index (χ2n) is 3.64. The summed E-state index contributed by atoms with van der Waals surface area (Å²) >= 11 is 1.88. The lowest BCUT2D eigenvalue weighted by molar-refractivity contribution is 1.35. The fraction of sp³-hybridized carbons (Fsp3) is 0.333. The van der Waals surface area contributed by atoms with Crippen LogP contribution in [0, 0.1) is 13.8 Å². The number of aryl methyl sites for hydroxylation is 1. The molecule has 68 valence electrons. The molecule has 0 radical (unpaired) electrons. The zero-order valence-electron chi connectivity index (χ0n) is 8.35. The summed E-state index contributed by atoms with van der Waals surface area (Å²) in [6.07, 6.45) is 5.59. The third-order valence-electron chi connectivity index (χ3n) is 2.73. The standard InChI is InChI=1S/C12H14S/c1-8-5-4-6-11(8)12-10(3)9(2)7-13-12/h4-5,7H,6H2,1-3H3. The van der Waals surface area contributed by atoms with Gasteiger partial charge in [0, 0.05) is 4.88 Å². The Hall–Kier alpha value is -0.820. The normalized spacial score (nSPS) is 15.9. The van der Waals surface area contributed by atoms with Crippen molar-refractivity contribution in [1.82, 2.24) is 0 Å². The van der Waals surface area contributed by atoms with Crippen LogP contribution in [0.3, 0.4) is 0 Å². The van der Waals surface area contributed by atoms with Crippen LogP contribution in [0.1, 0.15) is 29.3 Å². The minimum atomic E-state index is 1.12. The van der Waals surface area contributed by atoms with E-state index in [4.69, 9.17) is 0 Å². The number of hydrogen-bond donors (Lipinski definition) is 0. The largest absolute Gasteiger partial charge is 0.144 e. The molecule has 1 aromatic heterocycles. The van der Waals surface area contributed by atoms with E-state index in [1.54, 1.807) is 0 Å². The summed E-state index contributed by atoms with van der Waals surface area (Å²) < 4.78 is 0. The Morgan fingerprint density at radius 3 is 2.46 bits per heavy atom. The molecule has 0 aromatic carbocycles. The first kappa shape index (κ1) is 8.76. The lowest BCUT2D eigenvalue weighted by Crippen LogP contribution is -1.82. The average Bonchev–Trinajstić information content (AvgIpc) is 2.62. The molecule has 0 bridgehead atoms. The van der Waals surface area contributed by atoms with Crippen molar-refractivity contribution in [1.29, 1.82) is 0 Å². The van der Waals surface area contributed by atoms with Gasteiger partial charge < -0.3 is 0 Å². The number of rotatable bonds is 1. The second-order valence-corrected chi connectivity index (χ2v) is 4.52. The van der Waals surface area contributed by atoms with Gasteiger partial charge in [0.1, 0.15) is 0 Å². The molecular formula is C12H14S. The van der Waals surface area contributed by atoms with E-state index in [1.165, 1.54) is 27.2 Å². The first-order valence-electron chi connectivity index (χ1n) is 4.61. The van der Waals surface area contributed by atoms with Gasteiger partial charge in [0.25, 0.3) is 0 Å². The van der Waals surface area contributed by atoms with Crippen molar-refractivity contribution in [2.45, 2.75) is 27.2 Å². The van der Waals surface area contributed by atoms with Gasteiger partial charge in [-0.25, -0.2) is 0 Å². The van der Waals surface area contributed by atoms with E-state index in [2.05, 4.69) is 38.3 Å². The van der Waals surface area contributed by atoms with Crippen molar-refractivity contribution in [3.63, 3.8) is 0 Å². The fourth-order valence-electron chi connectivity index (χ4n) is 1.69. The van der Waals surface area contributed by atoms with E-state index < -0.39 is 0 Å². The predicted molar refractivity (Wildman–Crippen MR) is 60.1 cm³/mol. The summed E-state index contributed by atoms with van der Waals surface area (Å²) in [4.78, 5) is 1.49. The molecule has 1 aliphatic rings. The Bertz CT molecular complexity index is 391. The maximum absolute atomic E-state index is 2.25. The van der Waals surface area contributed by atoms with Crippen LogP contribution in [0.2, 0.25) is 0 Å². The highest BCUT2D eigenvalue weighted by Gasteiger charge is 2.12. The number of allylic oxidation sites excluding steroid dienone is 4. The van der Waals surface area contributed by atoms with Gasteiger partial charge in [0.05, 0.1) is 0 Å². The summed E-state index contributed by atoms with van der Waals surface area (Å²) in [7, 11) is 0. The van der Waals surface area contributed by atoms with E-state index in [0.717, 1.165) is 6.42 Å². The molecule has 0 spiro atoms. The SMILES string of the molecule is CC1=C(c2scc(C)c2C)CC=C1. The van der Waals surface area contributed by atoms with Crippen molar-refractivity contribution >= 4 is 16.9 Å². The van der Waals surface area contributed by atoms with Gasteiger partial charge in [-0.15, -0.1) is 11.3 Å². The van der Waals surface area contributed by atoms with Gasteiger partial charge in [0.15, 0.2) is 0 Å². The van der Waals surface area contributed by atoms with E-state index in [0.29, 0.717) is 0 Å². The van der Waals surface area contributed by atoms with Crippen LogP contribution in [0.15, 0.2) is 23.1 Å². The Morgan fingerprint density at radius 2 is 2.00 bits per heavy atom. The second kappa shape index (κ2) is 3.15. The van der Waals surface area contributed by atoms with Crippen molar-refractivity contribution in [2.75, 3.05) is 0 Å². The monoisotopic (exact) mass is 190 g/mol. The molecule has 2 rings (SSSR count). The number of thiophene rings is 1. The van der Waals surface area contributed by atoms with Crippen LogP contribution in [-0.4, -0.2) is 0 Å². The van der Waals surface area contributed by atoms with E-state index >= 15 is 0 Å². The van der Waals surface area contributed by atoms with Gasteiger partial charge in [-0.05, 0) is 54.8 Å². The highest BCUT2D eigenvalue weighted by atomic mass is 32.1. The molecule has 0 N–H and O–H groups in total. The van der Waals surface area contributed by atoms with Crippen molar-refractivity contribution in [3.05, 3.63) is 39.1 Å². The van der Waals surface area contributed by atoms with Gasteiger partial charge in [-0.3, -0.25) is 0 Å². The van der Waals surface area contributed by atoms with Gasteiger partial charge in [0.2, 0.25) is 0 Å². The minimum Gasteiger partial charge on any atom is -0.144 e. The molecule has 0 unspecified atom stereocenters. The summed E-state index contributed by atoms with van der Waals surface area (Å²) in [6, 6.07) is 0. The smallest absolute Gasteiger partial charge is 0.0340 e. The average molecular weight is 190 g/mol. The summed E-state index contributed by atoms with van der Waals surface area (Å²) in [5.74, 6) is 0. The maximum Gasteiger partial charge on any atom is 0.0340 e. The zero-order chi connectivity index (χ0) is 9.42. The summed E-state index contributed by atoms with van der Waals surface area (Å²) in [5, 5.41) is 2.25. The van der Waals surface area contributed by atoms with Gasteiger partial charge in [-0.2, -0.15) is 0 Å². The third kappa shape index (κ3) is 1.37. The van der Waals surface area contributed by atoms with E-state index in [9.17, 15) is 0 Å². The lowest BCUT2D eigenvalue weighted by Gasteiger charge is -2.02. The molecule has 0 fully saturated rings. The molecule has 0 saturated carbocycles. The first-order chi connectivity index (χ1) is 6.20. The third-order valence-corrected chi connectivity index (χ3v) is 3.99. The Balaban J connectivity index is 2.48. The molecule has 0 saturated heterocycles. The predicted octanol–water partition coefficient (Wildman–Crippen LogP) is 4.10. The Morgan fingerprint density at radius 1 is 1.23 bits per heavy atom. The minimum absolute atomic E-state index is 1.12. The van der Waals surface area contributed by atoms with Crippen LogP contribution in [0.4, 0.5) is 0 Å². The Labute approximate surface area is 83.6 Å². The van der Waals surface area contributed by atoms with Crippen LogP contribution in [0.25, 0.3) is 5.57 Å². The van der Waals surface area contributed by atoms with Crippen LogP contribution in [-0.2, 0) is 0 Å². The molecule has 1 aromatic rings. The fourth-order valence-corrected chi connectivity index (χ4v) is 2.88. The molecule has 0 amide bonds. The van der Waals surface area contributed by atoms with Gasteiger partial charge >= 0.3 is 0 Å². The molecule has 13 heavy (non-hydrogen) atoms. The summed E-state index contributed by atoms with van der Waals surface area (Å²) in [6.45, 7) is 6.61. The quantitative estimate of drug-likeness (QED) is 0.625. The molecule has 1 heterocycles. The van der Waals surface area contributed by atoms with Crippen molar-refractivity contribution in [3.8, 4) is 0 Å². The number of hydrogen-bond acceptors (Lipinski definition) is 1. The molecule has 1 heteroatoms. The highest BCUT2D eigenvalue weighted by molar-refractivity contribution is 7.11. The van der Waals surface area contributed by atoms with Crippen molar-refractivity contribution < 1.29 is 0 Å². The molecular weight excluding hydrogens is 176 g/mol. The lowest BCUT2D eigenvalue weighted by atomic mass is 10.1. The van der Waals surface area contributed by atoms with E-state index in [-0.39, 0.29) is 0 Å². The topological polar surface area (TPSA) is 0 Å². The van der Waals surface area contributed by atoms with E-state index in [1.807, 2.05) is 11.3 Å².